The molecule has 2 aromatic rings. The Bertz CT molecular complexity index is 752. The molecule has 2 aromatic heterocycles. The molecular formula is C19H29N5O4. The van der Waals surface area contributed by atoms with E-state index in [0.29, 0.717) is 24.6 Å². The molecule has 28 heavy (non-hydrogen) atoms. The van der Waals surface area contributed by atoms with Crippen molar-refractivity contribution >= 4 is 11.8 Å². The summed E-state index contributed by atoms with van der Waals surface area (Å²) in [5.74, 6) is 0.693. The number of amides is 2. The fraction of sp³-hybridized carbons (Fsp3) is 0.579. The van der Waals surface area contributed by atoms with Crippen molar-refractivity contribution in [1.29, 1.82) is 0 Å². The van der Waals surface area contributed by atoms with E-state index >= 15 is 0 Å². The lowest BCUT2D eigenvalue weighted by atomic mass is 10.1. The molecule has 1 atom stereocenters. The first kappa shape index (κ1) is 21.6. The number of nitrogens with two attached hydrogens (primary N) is 1. The summed E-state index contributed by atoms with van der Waals surface area (Å²) in [5.41, 5.74) is 8.96. The summed E-state index contributed by atoms with van der Waals surface area (Å²) in [6, 6.07) is -0.661. The fourth-order valence-corrected chi connectivity index (χ4v) is 2.76. The first-order valence-electron chi connectivity index (χ1n) is 9.26. The van der Waals surface area contributed by atoms with Crippen LogP contribution in [0.25, 0.3) is 0 Å². The van der Waals surface area contributed by atoms with Gasteiger partial charge in [0.25, 0.3) is 0 Å². The van der Waals surface area contributed by atoms with Crippen LogP contribution in [0.3, 0.4) is 0 Å². The molecule has 2 amide bonds. The predicted molar refractivity (Wildman–Crippen MR) is 102 cm³/mol. The first-order valence-corrected chi connectivity index (χ1v) is 9.26. The lowest BCUT2D eigenvalue weighted by molar-refractivity contribution is -0.134. The largest absolute Gasteiger partial charge is 0.361 e. The molecule has 0 aromatic carbocycles. The average Bonchev–Trinajstić information content (AvgIpc) is 3.14. The molecule has 154 valence electrons. The van der Waals surface area contributed by atoms with E-state index in [1.54, 1.807) is 18.7 Å². The van der Waals surface area contributed by atoms with Crippen molar-refractivity contribution in [3.05, 3.63) is 34.0 Å². The van der Waals surface area contributed by atoms with Crippen molar-refractivity contribution in [2.45, 2.75) is 60.7 Å². The Labute approximate surface area is 164 Å². The maximum absolute atomic E-state index is 12.9. The summed E-state index contributed by atoms with van der Waals surface area (Å²) in [7, 11) is 0. The van der Waals surface area contributed by atoms with E-state index in [0.717, 1.165) is 22.5 Å². The molecule has 0 bridgehead atoms. The van der Waals surface area contributed by atoms with Gasteiger partial charge < -0.3 is 25.0 Å². The van der Waals surface area contributed by atoms with E-state index < -0.39 is 6.04 Å². The summed E-state index contributed by atoms with van der Waals surface area (Å²) in [6.45, 7) is 11.4. The third-order valence-electron chi connectivity index (χ3n) is 4.85. The van der Waals surface area contributed by atoms with Crippen LogP contribution in [-0.4, -0.2) is 39.6 Å². The standard InChI is InChI=1S/C19H29N5O4/c1-10(2)18(20)19(26)21-7-17(25)24(8-15-11(3)22-27-13(15)5)9-16-12(4)23-28-14(16)6/h10,18H,7-9,20H2,1-6H3,(H,21,26)/t18-/m0/s1. The molecule has 0 aliphatic heterocycles. The van der Waals surface area contributed by atoms with E-state index in [4.69, 9.17) is 14.8 Å². The first-order chi connectivity index (χ1) is 13.1. The van der Waals surface area contributed by atoms with Crippen LogP contribution in [0.5, 0.6) is 0 Å². The maximum Gasteiger partial charge on any atom is 0.242 e. The molecule has 0 saturated heterocycles. The Hall–Kier alpha value is -2.68. The van der Waals surface area contributed by atoms with Crippen molar-refractivity contribution in [2.75, 3.05) is 6.54 Å². The second-order valence-electron chi connectivity index (χ2n) is 7.34. The minimum absolute atomic E-state index is 0.0178. The van der Waals surface area contributed by atoms with Gasteiger partial charge in [-0.2, -0.15) is 0 Å². The number of aromatic nitrogens is 2. The maximum atomic E-state index is 12.9. The number of carbonyl (C=O) groups is 2. The monoisotopic (exact) mass is 391 g/mol. The van der Waals surface area contributed by atoms with Gasteiger partial charge in [0.05, 0.1) is 37.1 Å². The van der Waals surface area contributed by atoms with Gasteiger partial charge in [-0.3, -0.25) is 9.59 Å². The van der Waals surface area contributed by atoms with Crippen LogP contribution in [0.2, 0.25) is 0 Å². The zero-order valence-corrected chi connectivity index (χ0v) is 17.3. The minimum atomic E-state index is -0.661. The van der Waals surface area contributed by atoms with E-state index in [-0.39, 0.29) is 24.3 Å². The SMILES string of the molecule is Cc1noc(C)c1CN(Cc1c(C)noc1C)C(=O)CNC(=O)[C@@H](N)C(C)C. The average molecular weight is 391 g/mol. The molecule has 0 unspecified atom stereocenters. The molecule has 3 N–H and O–H groups in total. The van der Waals surface area contributed by atoms with Crippen LogP contribution in [0.1, 0.15) is 47.9 Å². The topological polar surface area (TPSA) is 127 Å². The third kappa shape index (κ3) is 4.98. The molecule has 0 fully saturated rings. The molecule has 9 nitrogen and oxygen atoms in total. The minimum Gasteiger partial charge on any atom is -0.361 e. The van der Waals surface area contributed by atoms with E-state index in [9.17, 15) is 9.59 Å². The van der Waals surface area contributed by atoms with Crippen LogP contribution in [-0.2, 0) is 22.7 Å². The van der Waals surface area contributed by atoms with Gasteiger partial charge in [0.15, 0.2) is 0 Å². The van der Waals surface area contributed by atoms with Gasteiger partial charge in [-0.05, 0) is 33.6 Å². The Kier molecular flexibility index (Phi) is 6.95. The second kappa shape index (κ2) is 9.01. The number of hydrogen-bond acceptors (Lipinski definition) is 7. The molecule has 0 saturated carbocycles. The third-order valence-corrected chi connectivity index (χ3v) is 4.85. The number of hydrogen-bond donors (Lipinski definition) is 2. The van der Waals surface area contributed by atoms with Crippen LogP contribution < -0.4 is 11.1 Å². The van der Waals surface area contributed by atoms with Crippen molar-refractivity contribution in [3.8, 4) is 0 Å². The molecule has 0 aliphatic rings. The highest BCUT2D eigenvalue weighted by atomic mass is 16.5. The number of nitrogens with one attached hydrogen (secondary N) is 1. The molecular weight excluding hydrogens is 362 g/mol. The smallest absolute Gasteiger partial charge is 0.242 e. The molecule has 9 heteroatoms. The zero-order chi connectivity index (χ0) is 21.0. The van der Waals surface area contributed by atoms with Gasteiger partial charge in [0.1, 0.15) is 11.5 Å². The Morgan fingerprint density at radius 1 is 1.00 bits per heavy atom. The van der Waals surface area contributed by atoms with Gasteiger partial charge in [0, 0.05) is 11.1 Å². The molecule has 0 spiro atoms. The van der Waals surface area contributed by atoms with Crippen LogP contribution in [0, 0.1) is 33.6 Å². The number of rotatable bonds is 8. The molecule has 2 heterocycles. The molecule has 0 aliphatic carbocycles. The van der Waals surface area contributed by atoms with Gasteiger partial charge in [-0.25, -0.2) is 0 Å². The summed E-state index contributed by atoms with van der Waals surface area (Å²) >= 11 is 0. The number of nitrogens with zero attached hydrogens (tertiary/aromatic N) is 3. The highest BCUT2D eigenvalue weighted by molar-refractivity contribution is 5.87. The summed E-state index contributed by atoms with van der Waals surface area (Å²) in [6.07, 6.45) is 0. The Balaban J connectivity index is 2.17. The lowest BCUT2D eigenvalue weighted by Crippen LogP contribution is -2.47. The van der Waals surface area contributed by atoms with Crippen molar-refractivity contribution in [1.82, 2.24) is 20.5 Å². The molecule has 2 rings (SSSR count). The van der Waals surface area contributed by atoms with Gasteiger partial charge in [0.2, 0.25) is 11.8 Å². The highest BCUT2D eigenvalue weighted by Crippen LogP contribution is 2.20. The number of carbonyl (C=O) groups excluding carboxylic acids is 2. The second-order valence-corrected chi connectivity index (χ2v) is 7.34. The van der Waals surface area contributed by atoms with E-state index in [1.807, 2.05) is 27.7 Å². The fourth-order valence-electron chi connectivity index (χ4n) is 2.76. The van der Waals surface area contributed by atoms with Crippen LogP contribution in [0.15, 0.2) is 9.05 Å². The van der Waals surface area contributed by atoms with Gasteiger partial charge in [-0.1, -0.05) is 24.2 Å². The summed E-state index contributed by atoms with van der Waals surface area (Å²) in [5, 5.41) is 10.5. The van der Waals surface area contributed by atoms with Crippen molar-refractivity contribution < 1.29 is 18.6 Å². The predicted octanol–water partition coefficient (Wildman–Crippen LogP) is 1.52. The highest BCUT2D eigenvalue weighted by Gasteiger charge is 2.24. The summed E-state index contributed by atoms with van der Waals surface area (Å²) in [4.78, 5) is 26.6. The number of aryl methyl sites for hydroxylation is 4. The molecule has 0 radical (unpaired) electrons. The Morgan fingerprint density at radius 2 is 1.46 bits per heavy atom. The van der Waals surface area contributed by atoms with Crippen molar-refractivity contribution in [2.24, 2.45) is 11.7 Å². The van der Waals surface area contributed by atoms with E-state index in [1.165, 1.54) is 0 Å². The van der Waals surface area contributed by atoms with Crippen molar-refractivity contribution in [3.63, 3.8) is 0 Å². The Morgan fingerprint density at radius 3 is 1.82 bits per heavy atom. The summed E-state index contributed by atoms with van der Waals surface area (Å²) < 4.78 is 10.4. The lowest BCUT2D eigenvalue weighted by Gasteiger charge is -2.23. The zero-order valence-electron chi connectivity index (χ0n) is 17.3. The van der Waals surface area contributed by atoms with Crippen LogP contribution >= 0.6 is 0 Å². The quantitative estimate of drug-likeness (QED) is 0.698. The van der Waals surface area contributed by atoms with Gasteiger partial charge >= 0.3 is 0 Å². The van der Waals surface area contributed by atoms with Gasteiger partial charge in [-0.15, -0.1) is 0 Å². The van der Waals surface area contributed by atoms with Crippen LogP contribution in [0.4, 0.5) is 0 Å². The normalized spacial score (nSPS) is 12.3. The van der Waals surface area contributed by atoms with E-state index in [2.05, 4.69) is 15.6 Å².